The SMILES string of the molecule is CCC(C)CCC(CCCCCC1CC1)C(C)CCCC(C)C. The van der Waals surface area contributed by atoms with Crippen LogP contribution in [-0.4, -0.2) is 0 Å². The molecule has 0 aromatic carbocycles. The Hall–Kier alpha value is 0. The zero-order valence-corrected chi connectivity index (χ0v) is 17.1. The summed E-state index contributed by atoms with van der Waals surface area (Å²) in [4.78, 5) is 0. The molecule has 0 nitrogen and oxygen atoms in total. The van der Waals surface area contributed by atoms with Crippen LogP contribution in [0.3, 0.4) is 0 Å². The van der Waals surface area contributed by atoms with E-state index in [-0.39, 0.29) is 0 Å². The largest absolute Gasteiger partial charge is 0.0651 e. The standard InChI is InChI=1S/C23H46/c1-6-20(4)15-18-23(21(5)12-10-11-19(2)3)14-9-7-8-13-22-16-17-22/h19-23H,6-18H2,1-5H3. The van der Waals surface area contributed by atoms with Gasteiger partial charge in [0.1, 0.15) is 0 Å². The maximum Gasteiger partial charge on any atom is -0.0388 e. The highest BCUT2D eigenvalue weighted by molar-refractivity contribution is 4.73. The molecule has 0 aromatic rings. The Morgan fingerprint density at radius 3 is 2.09 bits per heavy atom. The molecule has 3 atom stereocenters. The van der Waals surface area contributed by atoms with Crippen molar-refractivity contribution < 1.29 is 0 Å². The second-order valence-electron chi connectivity index (χ2n) is 9.23. The van der Waals surface area contributed by atoms with Crippen LogP contribution >= 0.6 is 0 Å². The van der Waals surface area contributed by atoms with Crippen LogP contribution in [0.5, 0.6) is 0 Å². The number of hydrogen-bond donors (Lipinski definition) is 0. The average molecular weight is 323 g/mol. The summed E-state index contributed by atoms with van der Waals surface area (Å²) < 4.78 is 0. The van der Waals surface area contributed by atoms with Gasteiger partial charge < -0.3 is 0 Å². The Kier molecular flexibility index (Phi) is 11.3. The van der Waals surface area contributed by atoms with E-state index in [1.54, 1.807) is 0 Å². The van der Waals surface area contributed by atoms with Gasteiger partial charge in [0.25, 0.3) is 0 Å². The number of unbranched alkanes of at least 4 members (excludes halogenated alkanes) is 2. The molecular formula is C23H46. The molecule has 0 heteroatoms. The van der Waals surface area contributed by atoms with Gasteiger partial charge in [0.05, 0.1) is 0 Å². The summed E-state index contributed by atoms with van der Waals surface area (Å²) in [5.74, 6) is 4.88. The van der Waals surface area contributed by atoms with Crippen molar-refractivity contribution in [2.75, 3.05) is 0 Å². The van der Waals surface area contributed by atoms with Gasteiger partial charge >= 0.3 is 0 Å². The molecule has 1 rings (SSSR count). The summed E-state index contributed by atoms with van der Waals surface area (Å²) in [6, 6.07) is 0. The third-order valence-electron chi connectivity index (χ3n) is 6.36. The molecule has 1 fully saturated rings. The molecule has 0 radical (unpaired) electrons. The first kappa shape index (κ1) is 21.0. The fourth-order valence-electron chi connectivity index (χ4n) is 3.92. The topological polar surface area (TPSA) is 0 Å². The lowest BCUT2D eigenvalue weighted by Crippen LogP contribution is -2.14. The van der Waals surface area contributed by atoms with Gasteiger partial charge in [-0.1, -0.05) is 112 Å². The van der Waals surface area contributed by atoms with Gasteiger partial charge in [-0.25, -0.2) is 0 Å². The Morgan fingerprint density at radius 2 is 1.48 bits per heavy atom. The summed E-state index contributed by atoms with van der Waals surface area (Å²) in [5.41, 5.74) is 0. The quantitative estimate of drug-likeness (QED) is 0.266. The van der Waals surface area contributed by atoms with Gasteiger partial charge in [0.15, 0.2) is 0 Å². The molecular weight excluding hydrogens is 276 g/mol. The van der Waals surface area contributed by atoms with Crippen LogP contribution in [-0.2, 0) is 0 Å². The molecule has 138 valence electrons. The van der Waals surface area contributed by atoms with Crippen LogP contribution in [0.2, 0.25) is 0 Å². The van der Waals surface area contributed by atoms with Crippen molar-refractivity contribution in [3.63, 3.8) is 0 Å². The molecule has 0 bridgehead atoms. The third-order valence-corrected chi connectivity index (χ3v) is 6.36. The zero-order chi connectivity index (χ0) is 17.1. The van der Waals surface area contributed by atoms with E-state index in [2.05, 4.69) is 34.6 Å². The molecule has 1 saturated carbocycles. The molecule has 3 unspecified atom stereocenters. The van der Waals surface area contributed by atoms with Crippen LogP contribution < -0.4 is 0 Å². The lowest BCUT2D eigenvalue weighted by Gasteiger charge is -2.26. The second-order valence-corrected chi connectivity index (χ2v) is 9.23. The minimum Gasteiger partial charge on any atom is -0.0651 e. The van der Waals surface area contributed by atoms with Crippen molar-refractivity contribution in [1.29, 1.82) is 0 Å². The van der Waals surface area contributed by atoms with E-state index in [0.717, 1.165) is 29.6 Å². The van der Waals surface area contributed by atoms with Gasteiger partial charge in [-0.15, -0.1) is 0 Å². The van der Waals surface area contributed by atoms with Gasteiger partial charge in [-0.2, -0.15) is 0 Å². The van der Waals surface area contributed by atoms with E-state index in [1.165, 1.54) is 83.5 Å². The highest BCUT2D eigenvalue weighted by Gasteiger charge is 2.21. The van der Waals surface area contributed by atoms with Crippen molar-refractivity contribution in [2.24, 2.45) is 29.6 Å². The maximum absolute atomic E-state index is 2.55. The fraction of sp³-hybridized carbons (Fsp3) is 1.00. The monoisotopic (exact) mass is 322 g/mol. The minimum absolute atomic E-state index is 0.878. The number of rotatable bonds is 15. The van der Waals surface area contributed by atoms with Gasteiger partial charge in [0, 0.05) is 0 Å². The highest BCUT2D eigenvalue weighted by atomic mass is 14.3. The number of hydrogen-bond acceptors (Lipinski definition) is 0. The molecule has 0 N–H and O–H groups in total. The van der Waals surface area contributed by atoms with Gasteiger partial charge in [0.2, 0.25) is 0 Å². The smallest absolute Gasteiger partial charge is 0.0388 e. The van der Waals surface area contributed by atoms with Crippen LogP contribution in [0, 0.1) is 29.6 Å². The lowest BCUT2D eigenvalue weighted by atomic mass is 9.80. The molecule has 1 aliphatic carbocycles. The summed E-state index contributed by atoms with van der Waals surface area (Å²) in [7, 11) is 0. The summed E-state index contributed by atoms with van der Waals surface area (Å²) in [6.07, 6.45) is 19.2. The summed E-state index contributed by atoms with van der Waals surface area (Å²) >= 11 is 0. The Labute approximate surface area is 148 Å². The third kappa shape index (κ3) is 11.2. The predicted molar refractivity (Wildman–Crippen MR) is 106 cm³/mol. The van der Waals surface area contributed by atoms with Crippen LogP contribution in [0.1, 0.15) is 118 Å². The van der Waals surface area contributed by atoms with Crippen molar-refractivity contribution in [1.82, 2.24) is 0 Å². The van der Waals surface area contributed by atoms with Crippen molar-refractivity contribution in [3.05, 3.63) is 0 Å². The van der Waals surface area contributed by atoms with Crippen molar-refractivity contribution in [2.45, 2.75) is 118 Å². The molecule has 0 spiro atoms. The van der Waals surface area contributed by atoms with Crippen LogP contribution in [0.15, 0.2) is 0 Å². The normalized spacial score (nSPS) is 19.0. The Balaban J connectivity index is 2.23. The van der Waals surface area contributed by atoms with Crippen LogP contribution in [0.4, 0.5) is 0 Å². The second kappa shape index (κ2) is 12.4. The van der Waals surface area contributed by atoms with Crippen LogP contribution in [0.25, 0.3) is 0 Å². The van der Waals surface area contributed by atoms with Crippen molar-refractivity contribution >= 4 is 0 Å². The Morgan fingerprint density at radius 1 is 0.739 bits per heavy atom. The van der Waals surface area contributed by atoms with E-state index in [1.807, 2.05) is 0 Å². The molecule has 0 aromatic heterocycles. The first-order chi connectivity index (χ1) is 11.0. The van der Waals surface area contributed by atoms with Gasteiger partial charge in [-0.05, 0) is 36.0 Å². The maximum atomic E-state index is 2.55. The van der Waals surface area contributed by atoms with E-state index >= 15 is 0 Å². The summed E-state index contributed by atoms with van der Waals surface area (Å²) in [6.45, 7) is 12.1. The lowest BCUT2D eigenvalue weighted by molar-refractivity contribution is 0.260. The minimum atomic E-state index is 0.878. The van der Waals surface area contributed by atoms with Crippen molar-refractivity contribution in [3.8, 4) is 0 Å². The average Bonchev–Trinajstić information content (AvgIpc) is 3.33. The molecule has 0 saturated heterocycles. The molecule has 1 aliphatic rings. The molecule has 0 aliphatic heterocycles. The Bertz CT molecular complexity index is 263. The molecule has 0 amide bonds. The van der Waals surface area contributed by atoms with E-state index in [9.17, 15) is 0 Å². The first-order valence-corrected chi connectivity index (χ1v) is 11.0. The summed E-state index contributed by atoms with van der Waals surface area (Å²) in [5, 5.41) is 0. The first-order valence-electron chi connectivity index (χ1n) is 11.0. The zero-order valence-electron chi connectivity index (χ0n) is 17.1. The predicted octanol–water partition coefficient (Wildman–Crippen LogP) is 8.25. The van der Waals surface area contributed by atoms with E-state index in [0.29, 0.717) is 0 Å². The fourth-order valence-corrected chi connectivity index (χ4v) is 3.92. The highest BCUT2D eigenvalue weighted by Crippen LogP contribution is 2.35. The van der Waals surface area contributed by atoms with E-state index < -0.39 is 0 Å². The molecule has 0 heterocycles. The molecule has 23 heavy (non-hydrogen) atoms. The van der Waals surface area contributed by atoms with E-state index in [4.69, 9.17) is 0 Å². The van der Waals surface area contributed by atoms with Gasteiger partial charge in [-0.3, -0.25) is 0 Å².